The predicted molar refractivity (Wildman–Crippen MR) is 70.2 cm³/mol. The summed E-state index contributed by atoms with van der Waals surface area (Å²) in [6.45, 7) is 0. The molecule has 0 aliphatic carbocycles. The number of benzene rings is 1. The summed E-state index contributed by atoms with van der Waals surface area (Å²) in [6.07, 6.45) is -0.732. The van der Waals surface area contributed by atoms with Gasteiger partial charge in [0.15, 0.2) is 5.69 Å². The minimum atomic E-state index is -1.31. The molecule has 2 rings (SSSR count). The molecule has 1 heterocycles. The first kappa shape index (κ1) is 14.5. The number of carbonyl (C=O) groups is 2. The quantitative estimate of drug-likeness (QED) is 0.932. The van der Waals surface area contributed by atoms with Gasteiger partial charge in [-0.15, -0.1) is 0 Å². The zero-order valence-corrected chi connectivity index (χ0v) is 11.3. The SMILES string of the molecule is CN(C)C(=O)Oc1cc(C(=O)O)nn1-c1ccccc1F. The average Bonchev–Trinajstić information content (AvgIpc) is 2.83. The van der Waals surface area contributed by atoms with Gasteiger partial charge in [-0.2, -0.15) is 9.78 Å². The molecule has 1 aromatic carbocycles. The maximum absolute atomic E-state index is 13.8. The van der Waals surface area contributed by atoms with E-state index in [-0.39, 0.29) is 17.3 Å². The van der Waals surface area contributed by atoms with Gasteiger partial charge in [0.2, 0.25) is 5.88 Å². The number of aromatic nitrogens is 2. The molecule has 0 bridgehead atoms. The number of halogens is 1. The van der Waals surface area contributed by atoms with Gasteiger partial charge >= 0.3 is 12.1 Å². The highest BCUT2D eigenvalue weighted by molar-refractivity contribution is 5.86. The molecule has 0 fully saturated rings. The van der Waals surface area contributed by atoms with Crippen LogP contribution in [0.3, 0.4) is 0 Å². The standard InChI is InChI=1S/C13H12FN3O4/c1-16(2)13(20)21-11-7-9(12(18)19)15-17(11)10-6-4-3-5-8(10)14/h3-7H,1-2H3,(H,18,19). The topological polar surface area (TPSA) is 84.7 Å². The van der Waals surface area contributed by atoms with Crippen molar-refractivity contribution < 1.29 is 23.8 Å². The molecule has 1 amide bonds. The van der Waals surface area contributed by atoms with Crippen LogP contribution in [0.15, 0.2) is 30.3 Å². The van der Waals surface area contributed by atoms with Crippen LogP contribution in [0.25, 0.3) is 5.69 Å². The van der Waals surface area contributed by atoms with E-state index in [0.717, 1.165) is 15.6 Å². The van der Waals surface area contributed by atoms with Crippen LogP contribution in [-0.4, -0.2) is 45.9 Å². The van der Waals surface area contributed by atoms with Crippen molar-refractivity contribution in [3.8, 4) is 11.6 Å². The molecule has 1 N–H and O–H groups in total. The van der Waals surface area contributed by atoms with E-state index in [4.69, 9.17) is 9.84 Å². The molecule has 7 nitrogen and oxygen atoms in total. The highest BCUT2D eigenvalue weighted by Crippen LogP contribution is 2.22. The Labute approximate surface area is 119 Å². The van der Waals surface area contributed by atoms with Gasteiger partial charge < -0.3 is 14.7 Å². The second-order valence-electron chi connectivity index (χ2n) is 4.30. The van der Waals surface area contributed by atoms with Gasteiger partial charge in [0.25, 0.3) is 0 Å². The van der Waals surface area contributed by atoms with E-state index in [1.807, 2.05) is 0 Å². The van der Waals surface area contributed by atoms with Crippen LogP contribution < -0.4 is 4.74 Å². The summed E-state index contributed by atoms with van der Waals surface area (Å²) in [5.41, 5.74) is -0.383. The largest absolute Gasteiger partial charge is 0.476 e. The van der Waals surface area contributed by atoms with Crippen LogP contribution in [0.2, 0.25) is 0 Å². The number of hydrogen-bond acceptors (Lipinski definition) is 4. The summed E-state index contributed by atoms with van der Waals surface area (Å²) < 4.78 is 19.7. The third kappa shape index (κ3) is 2.99. The minimum Gasteiger partial charge on any atom is -0.476 e. The Morgan fingerprint density at radius 2 is 2.00 bits per heavy atom. The molecule has 0 spiro atoms. The average molecular weight is 293 g/mol. The van der Waals surface area contributed by atoms with E-state index in [1.54, 1.807) is 6.07 Å². The predicted octanol–water partition coefficient (Wildman–Crippen LogP) is 1.77. The van der Waals surface area contributed by atoms with Crippen LogP contribution in [-0.2, 0) is 0 Å². The van der Waals surface area contributed by atoms with Crippen LogP contribution in [0.4, 0.5) is 9.18 Å². The van der Waals surface area contributed by atoms with Crippen molar-refractivity contribution in [1.82, 2.24) is 14.7 Å². The molecule has 2 aromatic rings. The van der Waals surface area contributed by atoms with E-state index in [2.05, 4.69) is 5.10 Å². The Balaban J connectivity index is 2.51. The van der Waals surface area contributed by atoms with Crippen LogP contribution in [0.5, 0.6) is 5.88 Å². The molecule has 0 radical (unpaired) electrons. The molecular formula is C13H12FN3O4. The van der Waals surface area contributed by atoms with Crippen LogP contribution >= 0.6 is 0 Å². The lowest BCUT2D eigenvalue weighted by Gasteiger charge is -2.12. The summed E-state index contributed by atoms with van der Waals surface area (Å²) >= 11 is 0. The fourth-order valence-corrected chi connectivity index (χ4v) is 1.52. The number of carboxylic acids is 1. The summed E-state index contributed by atoms with van der Waals surface area (Å²) in [6, 6.07) is 6.66. The van der Waals surface area contributed by atoms with Crippen molar-refractivity contribution in [2.24, 2.45) is 0 Å². The van der Waals surface area contributed by atoms with Gasteiger partial charge in [0.1, 0.15) is 11.5 Å². The van der Waals surface area contributed by atoms with Crippen LogP contribution in [0.1, 0.15) is 10.5 Å². The van der Waals surface area contributed by atoms with Gasteiger partial charge in [-0.05, 0) is 12.1 Å². The second-order valence-corrected chi connectivity index (χ2v) is 4.30. The van der Waals surface area contributed by atoms with Crippen molar-refractivity contribution in [2.75, 3.05) is 14.1 Å². The number of nitrogens with zero attached hydrogens (tertiary/aromatic N) is 3. The number of hydrogen-bond donors (Lipinski definition) is 1. The van der Waals surface area contributed by atoms with Crippen molar-refractivity contribution in [3.05, 3.63) is 41.8 Å². The molecule has 0 saturated carbocycles. The lowest BCUT2D eigenvalue weighted by atomic mass is 10.3. The first-order valence-electron chi connectivity index (χ1n) is 5.87. The maximum Gasteiger partial charge on any atom is 0.416 e. The Bertz CT molecular complexity index is 696. The summed E-state index contributed by atoms with van der Waals surface area (Å²) in [7, 11) is 2.93. The molecule has 0 aliphatic heterocycles. The maximum atomic E-state index is 13.8. The lowest BCUT2D eigenvalue weighted by molar-refractivity contribution is 0.0689. The fourth-order valence-electron chi connectivity index (χ4n) is 1.52. The summed E-state index contributed by atoms with van der Waals surface area (Å²) in [4.78, 5) is 23.7. The molecule has 8 heteroatoms. The fraction of sp³-hybridized carbons (Fsp3) is 0.154. The van der Waals surface area contributed by atoms with Crippen molar-refractivity contribution in [1.29, 1.82) is 0 Å². The third-order valence-electron chi connectivity index (χ3n) is 2.53. The zero-order valence-electron chi connectivity index (χ0n) is 11.3. The normalized spacial score (nSPS) is 10.2. The molecule has 110 valence electrons. The number of amides is 1. The highest BCUT2D eigenvalue weighted by atomic mass is 19.1. The van der Waals surface area contributed by atoms with E-state index in [1.165, 1.54) is 32.3 Å². The monoisotopic (exact) mass is 293 g/mol. The zero-order chi connectivity index (χ0) is 15.6. The van der Waals surface area contributed by atoms with E-state index >= 15 is 0 Å². The number of para-hydroxylation sites is 1. The molecule has 1 aromatic heterocycles. The molecule has 0 aliphatic rings. The van der Waals surface area contributed by atoms with Gasteiger partial charge in [-0.25, -0.2) is 14.0 Å². The highest BCUT2D eigenvalue weighted by Gasteiger charge is 2.20. The summed E-state index contributed by atoms with van der Waals surface area (Å²) in [5.74, 6) is -2.12. The Morgan fingerprint density at radius 3 is 2.57 bits per heavy atom. The molecule has 0 atom stereocenters. The molecule has 21 heavy (non-hydrogen) atoms. The van der Waals surface area contributed by atoms with Gasteiger partial charge in [-0.1, -0.05) is 12.1 Å². The van der Waals surface area contributed by atoms with Crippen molar-refractivity contribution >= 4 is 12.1 Å². The van der Waals surface area contributed by atoms with Crippen LogP contribution in [0, 0.1) is 5.82 Å². The Morgan fingerprint density at radius 1 is 1.33 bits per heavy atom. The molecule has 0 unspecified atom stereocenters. The van der Waals surface area contributed by atoms with Crippen molar-refractivity contribution in [2.45, 2.75) is 0 Å². The van der Waals surface area contributed by atoms with E-state index < -0.39 is 17.9 Å². The third-order valence-corrected chi connectivity index (χ3v) is 2.53. The first-order chi connectivity index (χ1) is 9.90. The number of aromatic carboxylic acids is 1. The minimum absolute atomic E-state index is 0.0217. The lowest BCUT2D eigenvalue weighted by Crippen LogP contribution is -2.26. The number of carboxylic acid groups (broad SMARTS) is 1. The first-order valence-corrected chi connectivity index (χ1v) is 5.87. The van der Waals surface area contributed by atoms with Gasteiger partial charge in [0.05, 0.1) is 0 Å². The number of ether oxygens (including phenoxy) is 1. The second kappa shape index (κ2) is 5.61. The number of carbonyl (C=O) groups excluding carboxylic acids is 1. The molecular weight excluding hydrogens is 281 g/mol. The smallest absolute Gasteiger partial charge is 0.416 e. The van der Waals surface area contributed by atoms with Crippen molar-refractivity contribution in [3.63, 3.8) is 0 Å². The Hall–Kier alpha value is -2.90. The van der Waals surface area contributed by atoms with Gasteiger partial charge in [-0.3, -0.25) is 0 Å². The van der Waals surface area contributed by atoms with Gasteiger partial charge in [0, 0.05) is 20.2 Å². The number of rotatable bonds is 3. The Kier molecular flexibility index (Phi) is 3.88. The summed E-state index contributed by atoms with van der Waals surface area (Å²) in [5, 5.41) is 12.7. The van der Waals surface area contributed by atoms with E-state index in [0.29, 0.717) is 0 Å². The molecule has 0 saturated heterocycles. The van der Waals surface area contributed by atoms with E-state index in [9.17, 15) is 14.0 Å².